The van der Waals surface area contributed by atoms with Gasteiger partial charge in [0.05, 0.1) is 19.3 Å². The first-order valence-corrected chi connectivity index (χ1v) is 20.0. The fourth-order valence-corrected chi connectivity index (χ4v) is 7.99. The van der Waals surface area contributed by atoms with Crippen molar-refractivity contribution < 1.29 is 117 Å². The van der Waals surface area contributed by atoms with Crippen LogP contribution in [-0.4, -0.2) is 217 Å². The Labute approximate surface area is 341 Å². The summed E-state index contributed by atoms with van der Waals surface area (Å²) in [5.74, 6) is -2.93. The van der Waals surface area contributed by atoms with Crippen LogP contribution >= 0.6 is 7.82 Å². The van der Waals surface area contributed by atoms with Crippen LogP contribution in [0, 0.1) is 0 Å². The van der Waals surface area contributed by atoms with Crippen LogP contribution in [0.3, 0.4) is 0 Å². The van der Waals surface area contributed by atoms with Crippen molar-refractivity contribution in [3.8, 4) is 0 Å². The third-order valence-electron chi connectivity index (χ3n) is 9.82. The quantitative estimate of drug-likeness (QED) is 0.0536. The Kier molecular flexibility index (Phi) is 17.7. The van der Waals surface area contributed by atoms with Crippen molar-refractivity contribution in [1.29, 1.82) is 0 Å². The number of ether oxygens (including phenoxy) is 7. The number of rotatable bonds is 15. The summed E-state index contributed by atoms with van der Waals surface area (Å²) in [5, 5.41) is 103. The Morgan fingerprint density at radius 2 is 1.12 bits per heavy atom. The van der Waals surface area contributed by atoms with E-state index in [0.29, 0.717) is 0 Å². The average molecular weight is 896 g/mol. The van der Waals surface area contributed by atoms with Gasteiger partial charge in [-0.15, -0.1) is 0 Å². The monoisotopic (exact) mass is 895 g/mol. The number of carbonyl (C=O) groups excluding carboxylic acids is 4. The van der Waals surface area contributed by atoms with Gasteiger partial charge in [0.2, 0.25) is 17.7 Å². The number of aliphatic hydroxyl groups is 9. The molecule has 4 fully saturated rings. The van der Waals surface area contributed by atoms with Crippen molar-refractivity contribution in [2.75, 3.05) is 19.8 Å². The smallest absolute Gasteiger partial charge is 0.463 e. The number of hydrogen-bond donors (Lipinski definition) is 13. The Balaban J connectivity index is 1.48. The molecule has 346 valence electrons. The van der Waals surface area contributed by atoms with Crippen molar-refractivity contribution >= 4 is 31.5 Å². The summed E-state index contributed by atoms with van der Waals surface area (Å²) in [4.78, 5) is 58.2. The lowest BCUT2D eigenvalue weighted by Gasteiger charge is -2.48. The topological polar surface area (TPSA) is 407 Å². The van der Waals surface area contributed by atoms with Crippen molar-refractivity contribution in [3.63, 3.8) is 0 Å². The molecule has 0 aromatic heterocycles. The minimum absolute atomic E-state index is 0.554. The Morgan fingerprint density at radius 3 is 1.68 bits per heavy atom. The lowest BCUT2D eigenvalue weighted by Crippen LogP contribution is -2.69. The molecule has 13 N–H and O–H groups in total. The lowest BCUT2D eigenvalue weighted by molar-refractivity contribution is -0.320. The SMILES string of the molecule is CC(=O)N[C@@H]1[C@H](O[C@H]2[C@H](O)[C@@H](CO)O[C@@H](O)[C@@H]2NC(C)=O)O[C@@H](C)[C@H](OP(=O)(O)O[C@H]2O[C@H](CO[C@H]3O[C@H](COC(C)=O)[C@H](O)[C@H](O)[C@H]3NC(C)=O)[C@@H](O)[C@H](O)[C@H]2O)[C@H]1O. The number of carbonyl (C=O) groups is 4. The molecule has 27 nitrogen and oxygen atoms in total. The van der Waals surface area contributed by atoms with Gasteiger partial charge < -0.3 is 100.0 Å². The van der Waals surface area contributed by atoms with E-state index in [1.807, 2.05) is 0 Å². The van der Waals surface area contributed by atoms with Gasteiger partial charge in [-0.2, -0.15) is 0 Å². The molecule has 0 spiro atoms. The van der Waals surface area contributed by atoms with E-state index in [1.54, 1.807) is 0 Å². The van der Waals surface area contributed by atoms with E-state index in [-0.39, 0.29) is 0 Å². The van der Waals surface area contributed by atoms with Gasteiger partial charge in [0, 0.05) is 27.7 Å². The molecule has 28 heteroatoms. The molecule has 4 rings (SSSR count). The highest BCUT2D eigenvalue weighted by molar-refractivity contribution is 7.47. The third-order valence-corrected chi connectivity index (χ3v) is 10.8. The molecule has 0 saturated carbocycles. The second-order valence-corrected chi connectivity index (χ2v) is 15.9. The minimum atomic E-state index is -5.55. The first-order chi connectivity index (χ1) is 28.0. The molecule has 4 aliphatic rings. The summed E-state index contributed by atoms with van der Waals surface area (Å²) in [7, 11) is -5.55. The number of esters is 1. The van der Waals surface area contributed by atoms with Gasteiger partial charge in [0.1, 0.15) is 98.0 Å². The first kappa shape index (κ1) is 50.0. The average Bonchev–Trinajstić information content (AvgIpc) is 3.15. The van der Waals surface area contributed by atoms with Gasteiger partial charge in [-0.3, -0.25) is 28.2 Å². The van der Waals surface area contributed by atoms with E-state index in [2.05, 4.69) is 16.0 Å². The van der Waals surface area contributed by atoms with Gasteiger partial charge in [0.15, 0.2) is 25.2 Å². The van der Waals surface area contributed by atoms with Crippen molar-refractivity contribution in [2.45, 2.75) is 157 Å². The molecule has 0 aliphatic carbocycles. The second-order valence-electron chi connectivity index (χ2n) is 14.5. The summed E-state index contributed by atoms with van der Waals surface area (Å²) >= 11 is 0. The molecule has 0 aromatic carbocycles. The predicted octanol–water partition coefficient (Wildman–Crippen LogP) is -7.60. The zero-order valence-corrected chi connectivity index (χ0v) is 33.7. The van der Waals surface area contributed by atoms with Crippen LogP contribution < -0.4 is 16.0 Å². The largest absolute Gasteiger partial charge is 0.475 e. The zero-order valence-electron chi connectivity index (χ0n) is 32.8. The van der Waals surface area contributed by atoms with Crippen molar-refractivity contribution in [2.24, 2.45) is 0 Å². The molecule has 21 atom stereocenters. The third kappa shape index (κ3) is 12.3. The van der Waals surface area contributed by atoms with Gasteiger partial charge in [0.25, 0.3) is 0 Å². The highest BCUT2D eigenvalue weighted by Crippen LogP contribution is 2.49. The van der Waals surface area contributed by atoms with E-state index in [0.717, 1.165) is 27.7 Å². The van der Waals surface area contributed by atoms with E-state index in [4.69, 9.17) is 42.2 Å². The van der Waals surface area contributed by atoms with E-state index >= 15 is 0 Å². The van der Waals surface area contributed by atoms with Crippen molar-refractivity contribution in [1.82, 2.24) is 16.0 Å². The molecule has 0 bridgehead atoms. The van der Waals surface area contributed by atoms with Crippen LogP contribution in [0.4, 0.5) is 0 Å². The summed E-state index contributed by atoms with van der Waals surface area (Å²) in [6.45, 7) is 3.32. The summed E-state index contributed by atoms with van der Waals surface area (Å²) in [5.41, 5.74) is 0. The maximum Gasteiger partial charge on any atom is 0.475 e. The van der Waals surface area contributed by atoms with E-state index in [9.17, 15) is 74.6 Å². The van der Waals surface area contributed by atoms with Gasteiger partial charge in [-0.25, -0.2) is 4.57 Å². The molecule has 60 heavy (non-hydrogen) atoms. The fraction of sp³-hybridized carbons (Fsp3) is 0.875. The van der Waals surface area contributed by atoms with Crippen molar-refractivity contribution in [3.05, 3.63) is 0 Å². The second kappa shape index (κ2) is 21.2. The Morgan fingerprint density at radius 1 is 0.583 bits per heavy atom. The molecule has 4 saturated heterocycles. The minimum Gasteiger partial charge on any atom is -0.463 e. The fourth-order valence-electron chi connectivity index (χ4n) is 6.90. The number of hydrogen-bond acceptors (Lipinski definition) is 23. The molecule has 1 unspecified atom stereocenters. The number of aliphatic hydroxyl groups excluding tert-OH is 9. The molecule has 0 radical (unpaired) electrons. The van der Waals surface area contributed by atoms with Crippen LogP contribution in [0.25, 0.3) is 0 Å². The molecule has 4 heterocycles. The maximum absolute atomic E-state index is 13.4. The normalized spacial score (nSPS) is 43.2. The van der Waals surface area contributed by atoms with Crippen LogP contribution in [0.1, 0.15) is 34.6 Å². The molecule has 0 aromatic rings. The van der Waals surface area contributed by atoms with E-state index in [1.165, 1.54) is 6.92 Å². The van der Waals surface area contributed by atoms with Gasteiger partial charge in [-0.05, 0) is 6.92 Å². The lowest BCUT2D eigenvalue weighted by atomic mass is 9.94. The number of nitrogens with one attached hydrogen (secondary N) is 3. The zero-order chi connectivity index (χ0) is 45.0. The van der Waals surface area contributed by atoms with Crippen LogP contribution in [0.2, 0.25) is 0 Å². The number of amides is 3. The molecular weight excluding hydrogens is 841 g/mol. The molecule has 4 aliphatic heterocycles. The summed E-state index contributed by atoms with van der Waals surface area (Å²) < 4.78 is 62.0. The Bertz CT molecular complexity index is 1530. The number of phosphoric ester groups is 1. The standard InChI is InChI=1S/C32H54N3O24P/c1-9-27(24(45)18(34-11(3)38)31(53-9)57-28-19(35-12(4)39)29(48)54-14(6-36)22(28)43)58-60(49,50)59-32-26(47)25(46)21(42)16(56-32)8-52-30-17(33-10(2)37)23(44)20(41)15(55-30)7-51-13(5)40/h9,14-32,36,41-48H,6-8H2,1-5H3,(H,33,37)(H,34,38)(H,35,39)(H,49,50)/t9-,14+,15+,16+,17+,18-,19+,20-,21+,22+,23+,24-,25-,26+,27-,28+,29+,30-,31-,32+/m0/s1. The van der Waals surface area contributed by atoms with Crippen LogP contribution in [0.15, 0.2) is 0 Å². The molecule has 3 amide bonds. The highest BCUT2D eigenvalue weighted by Gasteiger charge is 2.54. The first-order valence-electron chi connectivity index (χ1n) is 18.5. The maximum atomic E-state index is 13.4. The number of phosphoric acid groups is 1. The molecular formula is C32H54N3O24P. The Hall–Kier alpha value is -2.61. The summed E-state index contributed by atoms with van der Waals surface area (Å²) in [6.07, 6.45) is -30.5. The van der Waals surface area contributed by atoms with Gasteiger partial charge in [-0.1, -0.05) is 0 Å². The van der Waals surface area contributed by atoms with E-state index < -0.39 is 174 Å². The predicted molar refractivity (Wildman–Crippen MR) is 188 cm³/mol. The van der Waals surface area contributed by atoms with Gasteiger partial charge >= 0.3 is 13.8 Å². The van der Waals surface area contributed by atoms with Crippen LogP contribution in [-0.2, 0) is 65.9 Å². The van der Waals surface area contributed by atoms with Crippen LogP contribution in [0.5, 0.6) is 0 Å². The highest BCUT2D eigenvalue weighted by atomic mass is 31.2. The summed E-state index contributed by atoms with van der Waals surface area (Å²) in [6, 6.07) is -4.60.